The first kappa shape index (κ1) is 40.9. The van der Waals surface area contributed by atoms with Gasteiger partial charge in [-0.25, -0.2) is 4.79 Å². The van der Waals surface area contributed by atoms with Crippen LogP contribution in [0.4, 0.5) is 0 Å². The predicted molar refractivity (Wildman–Crippen MR) is 197 cm³/mol. The van der Waals surface area contributed by atoms with Crippen LogP contribution in [0.1, 0.15) is 132 Å². The van der Waals surface area contributed by atoms with Crippen LogP contribution in [0.25, 0.3) is 0 Å². The second-order valence-electron chi connectivity index (χ2n) is 12.2. The number of carbonyl (C=O) groups excluding carboxylic acids is 1. The lowest BCUT2D eigenvalue weighted by Crippen LogP contribution is -2.14. The highest BCUT2D eigenvalue weighted by Crippen LogP contribution is 2.15. The number of carbonyl (C=O) groups is 1. The van der Waals surface area contributed by atoms with Gasteiger partial charge >= 0.3 is 5.97 Å². The Hall–Kier alpha value is -3.13. The van der Waals surface area contributed by atoms with Gasteiger partial charge in [0.1, 0.15) is 6.10 Å². The zero-order valence-corrected chi connectivity index (χ0v) is 29.3. The molecule has 0 aromatic heterocycles. The second-order valence-corrected chi connectivity index (χ2v) is 12.2. The molecule has 1 atom stereocenters. The molecular weight excluding hydrogens is 536 g/mol. The Kier molecular flexibility index (Phi) is 27.8. The van der Waals surface area contributed by atoms with E-state index in [0.29, 0.717) is 6.42 Å². The van der Waals surface area contributed by atoms with Gasteiger partial charge in [-0.3, -0.25) is 0 Å². The van der Waals surface area contributed by atoms with Crippen molar-refractivity contribution in [3.8, 4) is 0 Å². The van der Waals surface area contributed by atoms with Crippen LogP contribution in [0, 0.1) is 0 Å². The van der Waals surface area contributed by atoms with Gasteiger partial charge < -0.3 is 4.74 Å². The molecule has 0 radical (unpaired) electrons. The molecule has 0 aromatic rings. The van der Waals surface area contributed by atoms with Crippen LogP contribution < -0.4 is 0 Å². The van der Waals surface area contributed by atoms with E-state index < -0.39 is 0 Å². The van der Waals surface area contributed by atoms with Crippen molar-refractivity contribution in [2.45, 2.75) is 138 Å². The molecule has 0 aliphatic rings. The topological polar surface area (TPSA) is 26.3 Å². The molecule has 0 fully saturated rings. The average Bonchev–Trinajstić information content (AvgIpc) is 2.96. The number of hydrogen-bond donors (Lipinski definition) is 0. The van der Waals surface area contributed by atoms with Gasteiger partial charge in [-0.1, -0.05) is 153 Å². The fourth-order valence-corrected chi connectivity index (χ4v) is 4.38. The van der Waals surface area contributed by atoms with Gasteiger partial charge in [-0.05, 0) is 86.1 Å². The lowest BCUT2D eigenvalue weighted by atomic mass is 10.0. The maximum absolute atomic E-state index is 12.6. The molecule has 2 nitrogen and oxygen atoms in total. The van der Waals surface area contributed by atoms with Crippen LogP contribution in [0.5, 0.6) is 0 Å². The molecule has 0 N–H and O–H groups in total. The maximum atomic E-state index is 12.6. The average molecular weight is 601 g/mol. The molecule has 0 amide bonds. The third-order valence-electron chi connectivity index (χ3n) is 6.96. The quantitative estimate of drug-likeness (QED) is 0.0362. The molecule has 0 saturated heterocycles. The summed E-state index contributed by atoms with van der Waals surface area (Å²) in [6.07, 6.45) is 47.3. The minimum Gasteiger partial charge on any atom is -0.455 e. The molecule has 2 heteroatoms. The van der Waals surface area contributed by atoms with Crippen molar-refractivity contribution in [2.75, 3.05) is 0 Å². The Labute approximate surface area is 272 Å². The van der Waals surface area contributed by atoms with Crippen molar-refractivity contribution >= 4 is 5.97 Å². The molecule has 0 aliphatic carbocycles. The second kappa shape index (κ2) is 29.9. The van der Waals surface area contributed by atoms with Crippen LogP contribution in [0.3, 0.4) is 0 Å². The molecule has 44 heavy (non-hydrogen) atoms. The van der Waals surface area contributed by atoms with Gasteiger partial charge in [-0.2, -0.15) is 0 Å². The molecule has 0 rings (SSSR count). The summed E-state index contributed by atoms with van der Waals surface area (Å²) in [7, 11) is 0. The molecule has 244 valence electrons. The van der Waals surface area contributed by atoms with Gasteiger partial charge in [0.25, 0.3) is 0 Å². The summed E-state index contributed by atoms with van der Waals surface area (Å²) in [5.74, 6) is -0.322. The summed E-state index contributed by atoms with van der Waals surface area (Å²) in [4.78, 5) is 12.6. The smallest absolute Gasteiger partial charge is 0.331 e. The first-order valence-electron chi connectivity index (χ1n) is 17.0. The summed E-state index contributed by atoms with van der Waals surface area (Å²) < 4.78 is 5.83. The molecule has 0 bridgehead atoms. The van der Waals surface area contributed by atoms with Gasteiger partial charge in [0.2, 0.25) is 0 Å². The highest BCUT2D eigenvalue weighted by atomic mass is 16.5. The summed E-state index contributed by atoms with van der Waals surface area (Å²) >= 11 is 0. The number of rotatable bonds is 24. The Morgan fingerprint density at radius 1 is 0.568 bits per heavy atom. The van der Waals surface area contributed by atoms with E-state index in [1.807, 2.05) is 42.5 Å². The monoisotopic (exact) mass is 600 g/mol. The number of unbranched alkanes of at least 4 members (excludes halogenated alkanes) is 7. The van der Waals surface area contributed by atoms with Crippen molar-refractivity contribution < 1.29 is 9.53 Å². The molecule has 1 unspecified atom stereocenters. The number of esters is 1. The fourth-order valence-electron chi connectivity index (χ4n) is 4.38. The minimum atomic E-state index is -0.322. The van der Waals surface area contributed by atoms with Crippen molar-refractivity contribution in [1.29, 1.82) is 0 Å². The Morgan fingerprint density at radius 3 is 1.64 bits per heavy atom. The van der Waals surface area contributed by atoms with Crippen molar-refractivity contribution in [2.24, 2.45) is 0 Å². The molecule has 0 spiro atoms. The largest absolute Gasteiger partial charge is 0.455 e. The zero-order chi connectivity index (χ0) is 32.7. The van der Waals surface area contributed by atoms with Crippen molar-refractivity contribution in [3.05, 3.63) is 120 Å². The van der Waals surface area contributed by atoms with Gasteiger partial charge in [0.15, 0.2) is 0 Å². The lowest BCUT2D eigenvalue weighted by Gasteiger charge is -2.14. The van der Waals surface area contributed by atoms with E-state index >= 15 is 0 Å². The molecular formula is C42H64O2. The van der Waals surface area contributed by atoms with E-state index in [2.05, 4.69) is 91.0 Å². The Balaban J connectivity index is 4.67. The third kappa shape index (κ3) is 30.3. The fraction of sp³-hybridized carbons (Fsp3) is 0.500. The summed E-state index contributed by atoms with van der Waals surface area (Å²) in [5, 5.41) is 0. The van der Waals surface area contributed by atoms with E-state index in [9.17, 15) is 4.79 Å². The SMILES string of the molecule is CCCCCCCCC/C=C/C=C/C=C/C=C/C=C/C=C/C(=O)OC(/C=C(\C)CCC=C(C)C)C/C=C(\C)CCC=C(C)C. The number of hydrogen-bond acceptors (Lipinski definition) is 2. The first-order chi connectivity index (χ1) is 21.2. The Morgan fingerprint density at radius 2 is 1.07 bits per heavy atom. The van der Waals surface area contributed by atoms with Crippen LogP contribution >= 0.6 is 0 Å². The van der Waals surface area contributed by atoms with Crippen LogP contribution in [0.15, 0.2) is 120 Å². The summed E-state index contributed by atoms with van der Waals surface area (Å²) in [6.45, 7) is 15.0. The maximum Gasteiger partial charge on any atom is 0.331 e. The van der Waals surface area contributed by atoms with Crippen LogP contribution in [-0.2, 0) is 9.53 Å². The van der Waals surface area contributed by atoms with Crippen LogP contribution in [0.2, 0.25) is 0 Å². The predicted octanol–water partition coefficient (Wildman–Crippen LogP) is 13.2. The van der Waals surface area contributed by atoms with Crippen molar-refractivity contribution in [3.63, 3.8) is 0 Å². The third-order valence-corrected chi connectivity index (χ3v) is 6.96. The molecule has 0 saturated carbocycles. The summed E-state index contributed by atoms with van der Waals surface area (Å²) in [6, 6.07) is 0. The van der Waals surface area contributed by atoms with E-state index in [-0.39, 0.29) is 12.1 Å². The van der Waals surface area contributed by atoms with Gasteiger partial charge in [0.05, 0.1) is 0 Å². The highest BCUT2D eigenvalue weighted by molar-refractivity contribution is 5.82. The standard InChI is InChI=1S/C42H64O2/c1-8-9-10-11-12-13-14-15-16-17-18-19-20-21-22-23-24-25-26-33-42(43)44-41(36-40(7)32-28-30-38(4)5)35-34-39(6)31-27-29-37(2)3/h16-26,29-30,33-34,36,41H,8-15,27-28,31-32,35H2,1-7H3/b17-16+,19-18+,21-20+,23-22+,25-24+,33-26+,39-34+,40-36+. The summed E-state index contributed by atoms with van der Waals surface area (Å²) in [5.41, 5.74) is 5.24. The number of allylic oxidation sites excluding steroid dienone is 17. The molecule has 0 aromatic carbocycles. The lowest BCUT2D eigenvalue weighted by molar-refractivity contribution is -0.140. The molecule has 0 heterocycles. The van der Waals surface area contributed by atoms with Crippen molar-refractivity contribution in [1.82, 2.24) is 0 Å². The first-order valence-corrected chi connectivity index (χ1v) is 17.0. The highest BCUT2D eigenvalue weighted by Gasteiger charge is 2.09. The van der Waals surface area contributed by atoms with E-state index in [1.165, 1.54) is 73.3 Å². The minimum absolute atomic E-state index is 0.269. The van der Waals surface area contributed by atoms with E-state index in [1.54, 1.807) is 6.08 Å². The van der Waals surface area contributed by atoms with E-state index in [4.69, 9.17) is 4.74 Å². The van der Waals surface area contributed by atoms with Gasteiger partial charge in [0, 0.05) is 12.5 Å². The number of ether oxygens (including phenoxy) is 1. The van der Waals surface area contributed by atoms with Crippen LogP contribution in [-0.4, -0.2) is 12.1 Å². The zero-order valence-electron chi connectivity index (χ0n) is 29.3. The Bertz CT molecular complexity index is 1040. The van der Waals surface area contributed by atoms with E-state index in [0.717, 1.165) is 32.1 Å². The molecule has 0 aliphatic heterocycles. The van der Waals surface area contributed by atoms with Gasteiger partial charge in [-0.15, -0.1) is 0 Å². The normalized spacial score (nSPS) is 13.8.